The molecule has 166 valence electrons. The van der Waals surface area contributed by atoms with Gasteiger partial charge >= 0.3 is 0 Å². The predicted octanol–water partition coefficient (Wildman–Crippen LogP) is 4.24. The van der Waals surface area contributed by atoms with Crippen LogP contribution in [-0.4, -0.2) is 31.9 Å². The van der Waals surface area contributed by atoms with Crippen LogP contribution in [0.5, 0.6) is 0 Å². The van der Waals surface area contributed by atoms with Gasteiger partial charge in [-0.1, -0.05) is 30.0 Å². The Morgan fingerprint density at radius 3 is 2.73 bits per heavy atom. The van der Waals surface area contributed by atoms with Gasteiger partial charge in [0.1, 0.15) is 23.3 Å². The van der Waals surface area contributed by atoms with Crippen LogP contribution in [0.25, 0.3) is 10.9 Å². The van der Waals surface area contributed by atoms with Gasteiger partial charge in [0, 0.05) is 13.0 Å². The maximum Gasteiger partial charge on any atom is 0.262 e. The van der Waals surface area contributed by atoms with Crippen molar-refractivity contribution in [2.24, 2.45) is 5.10 Å². The highest BCUT2D eigenvalue weighted by atomic mass is 32.2. The van der Waals surface area contributed by atoms with Crippen LogP contribution in [0.15, 0.2) is 97.6 Å². The number of furan rings is 2. The lowest BCUT2D eigenvalue weighted by Gasteiger charge is -2.20. The van der Waals surface area contributed by atoms with Gasteiger partial charge in [0.15, 0.2) is 5.16 Å². The molecule has 0 fully saturated rings. The molecule has 0 radical (unpaired) electrons. The minimum atomic E-state index is -0.367. The number of hydrogen-bond acceptors (Lipinski definition) is 7. The number of carbonyl (C=O) groups is 1. The Morgan fingerprint density at radius 1 is 1.15 bits per heavy atom. The Kier molecular flexibility index (Phi) is 5.70. The average Bonchev–Trinajstić information content (AvgIpc) is 3.60. The van der Waals surface area contributed by atoms with Crippen LogP contribution >= 0.6 is 11.8 Å². The molecule has 0 bridgehead atoms. The van der Waals surface area contributed by atoms with Crippen molar-refractivity contribution in [1.82, 2.24) is 14.6 Å². The molecule has 0 aliphatic carbocycles. The second-order valence-electron chi connectivity index (χ2n) is 7.40. The Balaban J connectivity index is 1.43. The zero-order valence-corrected chi connectivity index (χ0v) is 18.4. The summed E-state index contributed by atoms with van der Waals surface area (Å²) in [5, 5.41) is 6.95. The number of para-hydroxylation sites is 1. The molecule has 4 aromatic rings. The summed E-state index contributed by atoms with van der Waals surface area (Å²) >= 11 is 1.20. The highest BCUT2D eigenvalue weighted by Gasteiger charge is 2.35. The van der Waals surface area contributed by atoms with Gasteiger partial charge < -0.3 is 8.83 Å². The topological polar surface area (TPSA) is 93.8 Å². The van der Waals surface area contributed by atoms with Crippen molar-refractivity contribution in [3.05, 3.63) is 95.6 Å². The van der Waals surface area contributed by atoms with Gasteiger partial charge in [0.05, 0.1) is 29.2 Å². The number of allylic oxidation sites excluding steroid dienone is 1. The second-order valence-corrected chi connectivity index (χ2v) is 8.34. The fraction of sp³-hybridized carbons (Fsp3) is 0.167. The van der Waals surface area contributed by atoms with E-state index in [1.165, 1.54) is 21.3 Å². The van der Waals surface area contributed by atoms with Crippen LogP contribution in [0.1, 0.15) is 24.0 Å². The first kappa shape index (κ1) is 21.0. The van der Waals surface area contributed by atoms with Crippen molar-refractivity contribution in [2.45, 2.75) is 24.2 Å². The van der Waals surface area contributed by atoms with E-state index in [9.17, 15) is 9.59 Å². The minimum absolute atomic E-state index is 0.0497. The smallest absolute Gasteiger partial charge is 0.262 e. The summed E-state index contributed by atoms with van der Waals surface area (Å²) < 4.78 is 12.6. The van der Waals surface area contributed by atoms with Crippen LogP contribution in [0.4, 0.5) is 0 Å². The van der Waals surface area contributed by atoms with Crippen LogP contribution in [0.3, 0.4) is 0 Å². The lowest BCUT2D eigenvalue weighted by atomic mass is 10.1. The lowest BCUT2D eigenvalue weighted by molar-refractivity contribution is -0.130. The van der Waals surface area contributed by atoms with Gasteiger partial charge in [0.25, 0.3) is 11.5 Å². The summed E-state index contributed by atoms with van der Waals surface area (Å²) in [6.07, 6.45) is 5.26. The summed E-state index contributed by atoms with van der Waals surface area (Å²) in [6, 6.07) is 14.0. The molecule has 33 heavy (non-hydrogen) atoms. The number of aromatic nitrogens is 2. The molecule has 9 heteroatoms. The molecule has 0 N–H and O–H groups in total. The largest absolute Gasteiger partial charge is 0.467 e. The van der Waals surface area contributed by atoms with Gasteiger partial charge in [-0.15, -0.1) is 6.58 Å². The first-order valence-corrected chi connectivity index (χ1v) is 11.3. The van der Waals surface area contributed by atoms with E-state index in [0.717, 1.165) is 0 Å². The van der Waals surface area contributed by atoms with Crippen LogP contribution in [0, 0.1) is 0 Å². The van der Waals surface area contributed by atoms with Crippen molar-refractivity contribution < 1.29 is 13.6 Å². The van der Waals surface area contributed by atoms with E-state index >= 15 is 0 Å². The quantitative estimate of drug-likeness (QED) is 0.233. The molecule has 1 aliphatic rings. The van der Waals surface area contributed by atoms with Gasteiger partial charge in [-0.2, -0.15) is 5.10 Å². The number of benzene rings is 1. The highest BCUT2D eigenvalue weighted by molar-refractivity contribution is 7.99. The van der Waals surface area contributed by atoms with Gasteiger partial charge in [-0.3, -0.25) is 14.2 Å². The minimum Gasteiger partial charge on any atom is -0.467 e. The van der Waals surface area contributed by atoms with Crippen LogP contribution in [0.2, 0.25) is 0 Å². The molecule has 3 aromatic heterocycles. The zero-order valence-electron chi connectivity index (χ0n) is 17.6. The van der Waals surface area contributed by atoms with Crippen molar-refractivity contribution in [3.63, 3.8) is 0 Å². The third kappa shape index (κ3) is 4.03. The molecule has 1 aromatic carbocycles. The molecule has 8 nitrogen and oxygen atoms in total. The number of fused-ring (bicyclic) bond motifs is 1. The van der Waals surface area contributed by atoms with Gasteiger partial charge in [0.2, 0.25) is 0 Å². The van der Waals surface area contributed by atoms with Gasteiger partial charge in [-0.25, -0.2) is 9.99 Å². The molecule has 1 atom stereocenters. The molecule has 0 spiro atoms. The van der Waals surface area contributed by atoms with Gasteiger partial charge in [-0.05, 0) is 36.4 Å². The lowest BCUT2D eigenvalue weighted by Crippen LogP contribution is -2.29. The second kappa shape index (κ2) is 8.95. The van der Waals surface area contributed by atoms with E-state index in [1.54, 1.807) is 48.9 Å². The summed E-state index contributed by atoms with van der Waals surface area (Å²) in [5.74, 6) is 1.08. The summed E-state index contributed by atoms with van der Waals surface area (Å²) in [5.41, 5.74) is 1.10. The van der Waals surface area contributed by atoms with E-state index < -0.39 is 0 Å². The van der Waals surface area contributed by atoms with Crippen molar-refractivity contribution in [1.29, 1.82) is 0 Å². The number of hydrogen-bond donors (Lipinski definition) is 0. The highest BCUT2D eigenvalue weighted by Crippen LogP contribution is 2.34. The van der Waals surface area contributed by atoms with E-state index in [-0.39, 0.29) is 23.3 Å². The molecule has 4 heterocycles. The number of amides is 1. The Bertz CT molecular complexity index is 1390. The number of nitrogens with zero attached hydrogens (tertiary/aromatic N) is 4. The molecular formula is C24H20N4O4S. The molecule has 5 rings (SSSR count). The normalized spacial score (nSPS) is 15.7. The fourth-order valence-electron chi connectivity index (χ4n) is 3.77. The number of thioether (sulfide) groups is 1. The monoisotopic (exact) mass is 460 g/mol. The predicted molar refractivity (Wildman–Crippen MR) is 125 cm³/mol. The van der Waals surface area contributed by atoms with E-state index in [0.29, 0.717) is 46.3 Å². The molecular weight excluding hydrogens is 440 g/mol. The average molecular weight is 461 g/mol. The van der Waals surface area contributed by atoms with Crippen LogP contribution < -0.4 is 5.56 Å². The molecule has 1 aliphatic heterocycles. The van der Waals surface area contributed by atoms with E-state index in [4.69, 9.17) is 8.83 Å². The maximum atomic E-state index is 13.2. The molecule has 1 amide bonds. The maximum absolute atomic E-state index is 13.2. The Hall–Kier alpha value is -3.85. The SMILES string of the molecule is C=CCn1c(SCC(=O)N2N=C(c3ccco3)CC2c2ccco2)nc2ccccc2c1=O. The van der Waals surface area contributed by atoms with Crippen molar-refractivity contribution >= 4 is 34.3 Å². The third-order valence-electron chi connectivity index (χ3n) is 5.31. The zero-order chi connectivity index (χ0) is 22.8. The standard InChI is InChI=1S/C24H20N4O4S/c1-2-11-27-23(30)16-7-3-4-8-17(16)25-24(27)33-15-22(29)28-19(21-10-6-13-32-21)14-18(26-28)20-9-5-12-31-20/h2-10,12-13,19H,1,11,14-15H2. The Morgan fingerprint density at radius 2 is 1.97 bits per heavy atom. The number of rotatable bonds is 7. The summed E-state index contributed by atoms with van der Waals surface area (Å²) in [4.78, 5) is 30.8. The van der Waals surface area contributed by atoms with Crippen molar-refractivity contribution in [3.8, 4) is 0 Å². The third-order valence-corrected chi connectivity index (χ3v) is 6.27. The van der Waals surface area contributed by atoms with Crippen LogP contribution in [-0.2, 0) is 11.3 Å². The fourth-order valence-corrected chi connectivity index (χ4v) is 4.64. The molecule has 0 saturated carbocycles. The van der Waals surface area contributed by atoms with E-state index in [1.807, 2.05) is 18.2 Å². The van der Waals surface area contributed by atoms with E-state index in [2.05, 4.69) is 16.7 Å². The summed E-state index contributed by atoms with van der Waals surface area (Å²) in [6.45, 7) is 4.04. The molecule has 0 saturated heterocycles. The Labute approximate surface area is 193 Å². The molecule has 1 unspecified atom stereocenters. The number of hydrazone groups is 1. The first-order valence-electron chi connectivity index (χ1n) is 10.4. The van der Waals surface area contributed by atoms with Crippen molar-refractivity contribution in [2.75, 3.05) is 5.75 Å². The summed E-state index contributed by atoms with van der Waals surface area (Å²) in [7, 11) is 0. The first-order chi connectivity index (χ1) is 16.2. The number of carbonyl (C=O) groups excluding carboxylic acids is 1.